The van der Waals surface area contributed by atoms with Crippen molar-refractivity contribution in [2.75, 3.05) is 18.1 Å². The van der Waals surface area contributed by atoms with Crippen LogP contribution < -0.4 is 4.80 Å². The lowest BCUT2D eigenvalue weighted by molar-refractivity contribution is -0.384. The molecule has 2 aromatic rings. The molecule has 0 radical (unpaired) electrons. The van der Waals surface area contributed by atoms with Crippen molar-refractivity contribution in [2.45, 2.75) is 38.8 Å². The molecule has 32 heavy (non-hydrogen) atoms. The maximum atomic E-state index is 12.5. The molecule has 1 aliphatic heterocycles. The van der Waals surface area contributed by atoms with Gasteiger partial charge in [-0.3, -0.25) is 19.7 Å². The number of piperidine rings is 1. The van der Waals surface area contributed by atoms with Crippen LogP contribution in [0.15, 0.2) is 35.8 Å². The largest absolute Gasteiger partial charge is 0.339 e. The molecule has 1 atom stereocenters. The topological polar surface area (TPSA) is 132 Å². The quantitative estimate of drug-likeness (QED) is 0.338. The van der Waals surface area contributed by atoms with Crippen molar-refractivity contribution >= 4 is 48.9 Å². The van der Waals surface area contributed by atoms with Crippen LogP contribution in [0.5, 0.6) is 0 Å². The number of thiazole rings is 1. The lowest BCUT2D eigenvalue weighted by Crippen LogP contribution is -2.45. The number of amides is 2. The highest BCUT2D eigenvalue weighted by Crippen LogP contribution is 2.23. The van der Waals surface area contributed by atoms with E-state index in [0.29, 0.717) is 16.8 Å². The summed E-state index contributed by atoms with van der Waals surface area (Å²) in [7, 11) is -3.99. The summed E-state index contributed by atoms with van der Waals surface area (Å²) in [6.07, 6.45) is 4.23. The highest BCUT2D eigenvalue weighted by molar-refractivity contribution is 7.92. The van der Waals surface area contributed by atoms with Crippen LogP contribution in [-0.4, -0.2) is 58.7 Å². The Morgan fingerprint density at radius 3 is 2.75 bits per heavy atom. The van der Waals surface area contributed by atoms with Crippen molar-refractivity contribution in [3.05, 3.63) is 45.8 Å². The summed E-state index contributed by atoms with van der Waals surface area (Å²) in [5, 5.41) is 11.0. The predicted molar refractivity (Wildman–Crippen MR) is 121 cm³/mol. The monoisotopic (exact) mass is 480 g/mol. The van der Waals surface area contributed by atoms with Crippen LogP contribution in [0.4, 0.5) is 5.69 Å². The number of benzene rings is 1. The maximum Gasteiger partial charge on any atom is 0.270 e. The molecule has 0 bridgehead atoms. The van der Waals surface area contributed by atoms with Crippen LogP contribution >= 0.6 is 11.3 Å². The fraction of sp³-hybridized carbons (Fsp3) is 0.450. The number of nitro groups is 1. The van der Waals surface area contributed by atoms with Gasteiger partial charge in [0.2, 0.25) is 5.91 Å². The molecule has 1 aliphatic rings. The first-order valence-electron chi connectivity index (χ1n) is 10.1. The lowest BCUT2D eigenvalue weighted by atomic mass is 10.0. The Labute approximate surface area is 188 Å². The summed E-state index contributed by atoms with van der Waals surface area (Å²) in [4.78, 5) is 41.1. The van der Waals surface area contributed by atoms with Crippen molar-refractivity contribution in [2.24, 2.45) is 4.99 Å². The van der Waals surface area contributed by atoms with Gasteiger partial charge in [-0.25, -0.2) is 8.42 Å². The highest BCUT2D eigenvalue weighted by Gasteiger charge is 2.28. The number of nitro benzene ring substituents is 1. The number of hydrogen-bond acceptors (Lipinski definition) is 7. The fourth-order valence-corrected chi connectivity index (χ4v) is 5.86. The molecule has 0 spiro atoms. The van der Waals surface area contributed by atoms with Crippen LogP contribution in [-0.2, 0) is 26.0 Å². The molecule has 1 fully saturated rings. The highest BCUT2D eigenvalue weighted by atomic mass is 32.2. The van der Waals surface area contributed by atoms with Crippen molar-refractivity contribution in [3.63, 3.8) is 0 Å². The first-order valence-corrected chi connectivity index (χ1v) is 12.7. The molecular weight excluding hydrogens is 456 g/mol. The van der Waals surface area contributed by atoms with E-state index in [-0.39, 0.29) is 23.1 Å². The SMILES string of the molecule is C=CCn1c(=NC(=O)CS(=O)(=O)CC(=O)N2CCCCC2C)sc2cc([N+](=O)[O-])ccc21. The number of allylic oxidation sites excluding steroid dienone is 1. The van der Waals surface area contributed by atoms with E-state index >= 15 is 0 Å². The van der Waals surface area contributed by atoms with Gasteiger partial charge in [0.1, 0.15) is 11.5 Å². The summed E-state index contributed by atoms with van der Waals surface area (Å²) in [5.41, 5.74) is 0.514. The van der Waals surface area contributed by atoms with Gasteiger partial charge in [-0.2, -0.15) is 4.99 Å². The molecule has 0 N–H and O–H groups in total. The second-order valence-electron chi connectivity index (χ2n) is 7.66. The molecule has 172 valence electrons. The molecule has 1 unspecified atom stereocenters. The van der Waals surface area contributed by atoms with Crippen LogP contribution in [0.25, 0.3) is 10.2 Å². The predicted octanol–water partition coefficient (Wildman–Crippen LogP) is 2.04. The average molecular weight is 481 g/mol. The summed E-state index contributed by atoms with van der Waals surface area (Å²) < 4.78 is 27.1. The first-order chi connectivity index (χ1) is 15.1. The van der Waals surface area contributed by atoms with Crippen LogP contribution in [0.3, 0.4) is 0 Å². The summed E-state index contributed by atoms with van der Waals surface area (Å²) in [6.45, 7) is 6.34. The van der Waals surface area contributed by atoms with Gasteiger partial charge in [0, 0.05) is 31.3 Å². The number of hydrogen-bond donors (Lipinski definition) is 0. The lowest BCUT2D eigenvalue weighted by Gasteiger charge is -2.33. The number of carbonyl (C=O) groups is 2. The average Bonchev–Trinajstić information content (AvgIpc) is 3.03. The van der Waals surface area contributed by atoms with Gasteiger partial charge >= 0.3 is 0 Å². The summed E-state index contributed by atoms with van der Waals surface area (Å²) in [6, 6.07) is 4.25. The van der Waals surface area contributed by atoms with E-state index in [9.17, 15) is 28.1 Å². The zero-order chi connectivity index (χ0) is 23.5. The van der Waals surface area contributed by atoms with E-state index in [1.54, 1.807) is 21.6 Å². The van der Waals surface area contributed by atoms with Gasteiger partial charge in [0.15, 0.2) is 14.6 Å². The smallest absolute Gasteiger partial charge is 0.270 e. The standard InChI is InChI=1S/C20H24N4O6S2/c1-3-9-23-16-8-7-15(24(27)28)11-17(16)31-20(23)21-18(25)12-32(29,30)13-19(26)22-10-5-4-6-14(22)2/h3,7-8,11,14H,1,4-6,9-10,12-13H2,2H3. The number of rotatable bonds is 7. The number of fused-ring (bicyclic) bond motifs is 1. The molecule has 1 aromatic carbocycles. The minimum atomic E-state index is -3.99. The molecule has 1 saturated heterocycles. The summed E-state index contributed by atoms with van der Waals surface area (Å²) in [5.74, 6) is -3.02. The van der Waals surface area contributed by atoms with E-state index in [0.717, 1.165) is 30.6 Å². The molecule has 2 amide bonds. The molecule has 0 saturated carbocycles. The van der Waals surface area contributed by atoms with Crippen LogP contribution in [0.2, 0.25) is 0 Å². The molecule has 3 rings (SSSR count). The van der Waals surface area contributed by atoms with Crippen molar-refractivity contribution in [3.8, 4) is 0 Å². The third-order valence-corrected chi connectivity index (χ3v) is 7.63. The minimum absolute atomic E-state index is 0.0210. The van der Waals surface area contributed by atoms with Crippen molar-refractivity contribution in [1.82, 2.24) is 9.47 Å². The molecule has 1 aromatic heterocycles. The number of likely N-dealkylation sites (tertiary alicyclic amines) is 1. The number of carbonyl (C=O) groups excluding carboxylic acids is 2. The second-order valence-corrected chi connectivity index (χ2v) is 10.7. The third-order valence-electron chi connectivity index (χ3n) is 5.22. The number of sulfone groups is 1. The minimum Gasteiger partial charge on any atom is -0.339 e. The van der Waals surface area contributed by atoms with Crippen LogP contribution in [0.1, 0.15) is 26.2 Å². The van der Waals surface area contributed by atoms with Crippen molar-refractivity contribution in [1.29, 1.82) is 0 Å². The van der Waals surface area contributed by atoms with E-state index in [4.69, 9.17) is 0 Å². The zero-order valence-electron chi connectivity index (χ0n) is 17.6. The van der Waals surface area contributed by atoms with E-state index in [1.807, 2.05) is 6.92 Å². The van der Waals surface area contributed by atoms with Gasteiger partial charge in [-0.15, -0.1) is 6.58 Å². The number of nitrogens with zero attached hydrogens (tertiary/aromatic N) is 4. The van der Waals surface area contributed by atoms with E-state index in [1.165, 1.54) is 12.1 Å². The Balaban J connectivity index is 1.83. The Morgan fingerprint density at radius 1 is 1.34 bits per heavy atom. The van der Waals surface area contributed by atoms with E-state index < -0.39 is 38.1 Å². The normalized spacial score (nSPS) is 17.5. The molecule has 0 aliphatic carbocycles. The fourth-order valence-electron chi connectivity index (χ4n) is 3.68. The Kier molecular flexibility index (Phi) is 7.24. The zero-order valence-corrected chi connectivity index (χ0v) is 19.2. The van der Waals surface area contributed by atoms with Gasteiger partial charge < -0.3 is 9.47 Å². The van der Waals surface area contributed by atoms with Gasteiger partial charge in [0.25, 0.3) is 11.6 Å². The first kappa shape index (κ1) is 23.8. The van der Waals surface area contributed by atoms with Crippen LogP contribution in [0, 0.1) is 10.1 Å². The second kappa shape index (κ2) is 9.74. The summed E-state index contributed by atoms with van der Waals surface area (Å²) >= 11 is 1.04. The molecule has 2 heterocycles. The Bertz CT molecular complexity index is 1240. The van der Waals surface area contributed by atoms with Crippen molar-refractivity contribution < 1.29 is 22.9 Å². The van der Waals surface area contributed by atoms with E-state index in [2.05, 4.69) is 11.6 Å². The Morgan fingerprint density at radius 2 is 2.09 bits per heavy atom. The van der Waals surface area contributed by atoms with Gasteiger partial charge in [-0.1, -0.05) is 17.4 Å². The third kappa shape index (κ3) is 5.49. The Hall–Kier alpha value is -2.86. The number of aromatic nitrogens is 1. The maximum absolute atomic E-state index is 12.5. The van der Waals surface area contributed by atoms with Gasteiger partial charge in [-0.05, 0) is 32.3 Å². The molecule has 12 heteroatoms. The number of non-ortho nitro benzene ring substituents is 1. The molecule has 10 nitrogen and oxygen atoms in total. The van der Waals surface area contributed by atoms with Gasteiger partial charge in [0.05, 0.1) is 15.1 Å². The molecular formula is C20H24N4O6S2.